The predicted molar refractivity (Wildman–Crippen MR) is 283 cm³/mol. The first-order chi connectivity index (χ1) is 38.2. The third kappa shape index (κ3) is 18.5. The zero-order chi connectivity index (χ0) is 59.8. The van der Waals surface area contributed by atoms with Gasteiger partial charge in [0.2, 0.25) is 28.5 Å². The molecule has 0 unspecified atom stereocenters. The van der Waals surface area contributed by atoms with Gasteiger partial charge in [0.1, 0.15) is 17.3 Å². The lowest BCUT2D eigenvalue weighted by Crippen LogP contribution is -2.36. The maximum absolute atomic E-state index is 14.3. The molecule has 5 heterocycles. The minimum Gasteiger partial charge on any atom is -0.481 e. The van der Waals surface area contributed by atoms with Gasteiger partial charge in [0, 0.05) is 44.7 Å². The van der Waals surface area contributed by atoms with Gasteiger partial charge in [0.15, 0.2) is 5.03 Å². The van der Waals surface area contributed by atoms with Crippen LogP contribution in [0.1, 0.15) is 41.0 Å². The number of urea groups is 2. The molecule has 1 aliphatic heterocycles. The number of carbonyl (C=O) groups is 4. The maximum atomic E-state index is 14.3. The molecule has 0 saturated heterocycles. The molecular weight excluding hydrogens is 1180 g/mol. The number of esters is 1. The van der Waals surface area contributed by atoms with Gasteiger partial charge >= 0.3 is 35.1 Å². The van der Waals surface area contributed by atoms with Gasteiger partial charge in [-0.3, -0.25) is 29.7 Å². The Morgan fingerprint density at radius 3 is 2.05 bits per heavy atom. The maximum Gasteiger partial charge on any atom is 0.389 e. The number of rotatable bonds is 16. The number of pyridine rings is 1. The summed E-state index contributed by atoms with van der Waals surface area (Å²) in [5, 5.41) is 3.87. The van der Waals surface area contributed by atoms with E-state index in [-0.39, 0.29) is 68.0 Å². The second-order valence-electron chi connectivity index (χ2n) is 16.2. The van der Waals surface area contributed by atoms with Gasteiger partial charge in [0.25, 0.3) is 26.0 Å². The quantitative estimate of drug-likeness (QED) is 0.0557. The average molecular weight is 1230 g/mol. The number of halogens is 5. The van der Waals surface area contributed by atoms with E-state index in [1.807, 2.05) is 0 Å². The number of aryl methyl sites for hydroxylation is 2. The van der Waals surface area contributed by atoms with Crippen LogP contribution in [0.2, 0.25) is 5.02 Å². The Kier molecular flexibility index (Phi) is 22.4. The van der Waals surface area contributed by atoms with E-state index >= 15 is 0 Å². The van der Waals surface area contributed by atoms with Crippen molar-refractivity contribution >= 4 is 96.3 Å². The van der Waals surface area contributed by atoms with Crippen molar-refractivity contribution in [3.63, 3.8) is 0 Å². The number of thioether (sulfide) groups is 1. The molecule has 0 atom stereocenters. The van der Waals surface area contributed by atoms with Crippen LogP contribution in [0.3, 0.4) is 0 Å². The summed E-state index contributed by atoms with van der Waals surface area (Å²) < 4.78 is 128. The van der Waals surface area contributed by atoms with Gasteiger partial charge in [-0.25, -0.2) is 46.5 Å². The monoisotopic (exact) mass is 1230 g/mol. The number of anilines is 2. The summed E-state index contributed by atoms with van der Waals surface area (Å²) in [6.45, 7) is 2.83. The number of ether oxygens (including phenoxy) is 4. The Hall–Kier alpha value is -8.02. The molecule has 0 bridgehead atoms. The van der Waals surface area contributed by atoms with Crippen molar-refractivity contribution in [1.29, 1.82) is 0 Å². The van der Waals surface area contributed by atoms with E-state index in [0.29, 0.717) is 22.8 Å². The molecule has 0 radical (unpaired) electrons. The zero-order valence-electron chi connectivity index (χ0n) is 43.5. The van der Waals surface area contributed by atoms with Crippen LogP contribution in [-0.2, 0) is 49.1 Å². The van der Waals surface area contributed by atoms with Crippen molar-refractivity contribution in [3.8, 4) is 17.8 Å². The third-order valence-electron chi connectivity index (χ3n) is 10.2. The van der Waals surface area contributed by atoms with E-state index in [0.717, 1.165) is 48.1 Å². The van der Waals surface area contributed by atoms with Gasteiger partial charge in [-0.15, -0.1) is 11.8 Å². The van der Waals surface area contributed by atoms with Crippen LogP contribution in [0.25, 0.3) is 0 Å². The number of hydrogen-bond donors (Lipinski definition) is 4. The fourth-order valence-electron chi connectivity index (χ4n) is 6.56. The minimum atomic E-state index is -4.46. The standard InChI is InChI=1S/C15H15ClFN3O3S2.C15H16F3N5O4S.C15H18N6O6S/c1-23-13(21)8-24-12-7-11(10(17)6-9(12)16)18-14-19-4-2-3-5-20(19)15(22)25-14;1-9-19-12(22-14(20-9)27-2)21-13(24)23-28(25,26)11-6-4-3-5-10(11)7-8-15(16,17)18;1-21(2)13(22)9-6-5-7-16-12(9)28(24,25)20-15(23)19-14-17-10(26-3)8-11(18-14)27-4/h6-7H,2-5,8H2,1H3;3-6H,7-8H2,1-2H3,(H2,19,20,21,22,23,24);5-8H,1-4H3,(H2,17,18,19,20,23)/b18-14-;;. The molecule has 436 valence electrons. The van der Waals surface area contributed by atoms with Gasteiger partial charge in [0.05, 0.1) is 55.7 Å². The van der Waals surface area contributed by atoms with E-state index in [4.69, 9.17) is 25.8 Å². The summed E-state index contributed by atoms with van der Waals surface area (Å²) in [6.07, 6.45) is -3.11. The van der Waals surface area contributed by atoms with Crippen molar-refractivity contribution in [2.75, 3.05) is 58.9 Å². The zero-order valence-corrected chi connectivity index (χ0v) is 47.5. The van der Waals surface area contributed by atoms with Crippen LogP contribution in [-0.4, -0.2) is 139 Å². The van der Waals surface area contributed by atoms with Crippen molar-refractivity contribution in [2.45, 2.75) is 66.7 Å². The van der Waals surface area contributed by atoms with E-state index in [1.165, 1.54) is 103 Å². The summed E-state index contributed by atoms with van der Waals surface area (Å²) in [4.78, 5) is 88.4. The molecule has 0 aliphatic carbocycles. The van der Waals surface area contributed by atoms with Gasteiger partial charge in [-0.05, 0) is 73.4 Å². The largest absolute Gasteiger partial charge is 0.481 e. The molecule has 27 nitrogen and oxygen atoms in total. The third-order valence-corrected chi connectivity index (χ3v) is 15.2. The highest BCUT2D eigenvalue weighted by molar-refractivity contribution is 8.00. The first-order valence-electron chi connectivity index (χ1n) is 22.9. The van der Waals surface area contributed by atoms with Crippen LogP contribution in [0, 0.1) is 12.7 Å². The van der Waals surface area contributed by atoms with E-state index in [1.54, 1.807) is 18.8 Å². The number of fused-ring (bicyclic) bond motifs is 1. The molecule has 1 aliphatic rings. The molecule has 36 heteroatoms. The molecule has 81 heavy (non-hydrogen) atoms. The number of carbonyl (C=O) groups excluding carboxylic acids is 4. The molecule has 4 aromatic heterocycles. The number of sulfonamides is 2. The van der Waals surface area contributed by atoms with Crippen LogP contribution < -0.4 is 44.0 Å². The van der Waals surface area contributed by atoms with Crippen LogP contribution >= 0.6 is 34.7 Å². The fourth-order valence-corrected chi connectivity index (χ4v) is 10.8. The minimum absolute atomic E-state index is 0.0605. The van der Waals surface area contributed by atoms with Crippen molar-refractivity contribution in [3.05, 3.63) is 103 Å². The Balaban J connectivity index is 0.000000223. The lowest BCUT2D eigenvalue weighted by atomic mass is 10.1. The first-order valence-corrected chi connectivity index (χ1v) is 28.1. The fraction of sp³-hybridized carbons (Fsp3) is 0.333. The Morgan fingerprint density at radius 1 is 0.827 bits per heavy atom. The number of alkyl halides is 3. The predicted octanol–water partition coefficient (Wildman–Crippen LogP) is 5.09. The lowest BCUT2D eigenvalue weighted by Gasteiger charge is -2.15. The highest BCUT2D eigenvalue weighted by Crippen LogP contribution is 2.33. The van der Waals surface area contributed by atoms with E-state index in [2.05, 4.69) is 50.3 Å². The second kappa shape index (κ2) is 28.4. The Labute approximate surface area is 471 Å². The van der Waals surface area contributed by atoms with Crippen molar-refractivity contribution < 1.29 is 72.5 Å². The number of nitrogens with one attached hydrogen (secondary N) is 4. The summed E-state index contributed by atoms with van der Waals surface area (Å²) >= 11 is 8.17. The Morgan fingerprint density at radius 2 is 1.44 bits per heavy atom. The average Bonchev–Trinajstić information content (AvgIpc) is 3.78. The molecule has 0 spiro atoms. The normalized spacial score (nSPS) is 12.2. The molecule has 7 rings (SSSR count). The number of amides is 5. The summed E-state index contributed by atoms with van der Waals surface area (Å²) in [6, 6.07) is 9.36. The molecule has 2 aromatic carbocycles. The lowest BCUT2D eigenvalue weighted by molar-refractivity contribution is -0.137. The van der Waals surface area contributed by atoms with Gasteiger partial charge in [-0.2, -0.15) is 46.5 Å². The number of hydrogen-bond acceptors (Lipinski definition) is 22. The molecule has 5 amide bonds. The highest BCUT2D eigenvalue weighted by Gasteiger charge is 2.30. The smallest absolute Gasteiger partial charge is 0.389 e. The van der Waals surface area contributed by atoms with Gasteiger partial charge < -0.3 is 23.8 Å². The van der Waals surface area contributed by atoms with Crippen molar-refractivity contribution in [1.82, 2.24) is 53.6 Å². The van der Waals surface area contributed by atoms with Crippen LogP contribution in [0.4, 0.5) is 44.7 Å². The first kappa shape index (κ1) is 63.8. The topological polar surface area (TPSA) is 341 Å². The van der Waals surface area contributed by atoms with Crippen molar-refractivity contribution in [2.24, 2.45) is 4.99 Å². The summed E-state index contributed by atoms with van der Waals surface area (Å²) in [5.74, 6) is -1.63. The molecule has 4 N–H and O–H groups in total. The molecule has 0 fully saturated rings. The molecule has 0 saturated carbocycles. The summed E-state index contributed by atoms with van der Waals surface area (Å²) in [7, 11) is -0.694. The SMILES string of the molecule is COC(=O)CSc1cc(/N=c2\sc(=O)n3n2CCCC3)c(F)cc1Cl.COc1cc(OC)nc(NC(=O)NS(=O)(=O)c2ncccc2C(=O)N(C)C)n1.COc1nc(C)nc(NC(=O)NS(=O)(=O)c2ccccc2CCC(F)(F)F)n1. The molecule has 6 aromatic rings. The summed E-state index contributed by atoms with van der Waals surface area (Å²) in [5.41, 5.74) is -0.176. The Bertz CT molecular complexity index is 3620. The number of aromatic nitrogens is 8. The number of methoxy groups -OCH3 is 4. The van der Waals surface area contributed by atoms with E-state index in [9.17, 15) is 58.4 Å². The van der Waals surface area contributed by atoms with E-state index < -0.39 is 78.7 Å². The second-order valence-corrected chi connectivity index (χ2v) is 21.8. The molecular formula is C45H49ClF4N14O13S4. The number of benzene rings is 2. The highest BCUT2D eigenvalue weighted by atomic mass is 35.5. The van der Waals surface area contributed by atoms with Crippen LogP contribution in [0.15, 0.2) is 85.4 Å². The van der Waals surface area contributed by atoms with Crippen LogP contribution in [0.5, 0.6) is 17.8 Å². The number of nitrogens with zero attached hydrogens (tertiary/aromatic N) is 10. The van der Waals surface area contributed by atoms with Gasteiger partial charge in [-0.1, -0.05) is 29.8 Å².